The molecule has 1 fully saturated rings. The fourth-order valence-corrected chi connectivity index (χ4v) is 2.94. The lowest BCUT2D eigenvalue weighted by Crippen LogP contribution is -2.38. The van der Waals surface area contributed by atoms with E-state index in [4.69, 9.17) is 44.3 Å². The Labute approximate surface area is 166 Å². The summed E-state index contributed by atoms with van der Waals surface area (Å²) >= 11 is 17.0. The van der Waals surface area contributed by atoms with E-state index in [-0.39, 0.29) is 41.4 Å². The van der Waals surface area contributed by atoms with Gasteiger partial charge in [-0.25, -0.2) is 4.79 Å². The van der Waals surface area contributed by atoms with Crippen molar-refractivity contribution < 1.29 is 24.2 Å². The molecule has 0 spiro atoms. The van der Waals surface area contributed by atoms with Crippen molar-refractivity contribution in [3.8, 4) is 5.75 Å². The summed E-state index contributed by atoms with van der Waals surface area (Å²) < 4.78 is 8.14. The van der Waals surface area contributed by atoms with Crippen LogP contribution in [0.1, 0.15) is 23.2 Å². The maximum atomic E-state index is 12.9. The van der Waals surface area contributed by atoms with E-state index in [1.807, 2.05) is 0 Å². The first kappa shape index (κ1) is 20.9. The van der Waals surface area contributed by atoms with Gasteiger partial charge in [-0.1, -0.05) is 29.3 Å². The summed E-state index contributed by atoms with van der Waals surface area (Å²) in [6, 6.07) is 4.49. The number of carbonyl (C=O) groups excluding carboxylic acids is 2. The first-order valence-corrected chi connectivity index (χ1v) is 9.14. The summed E-state index contributed by atoms with van der Waals surface area (Å²) in [6.45, 7) is 0.390. The number of benzene rings is 1. The highest BCUT2D eigenvalue weighted by Gasteiger charge is 2.32. The third kappa shape index (κ3) is 4.85. The quantitative estimate of drug-likeness (QED) is 0.683. The average Bonchev–Trinajstić information content (AvgIpc) is 3.09. The summed E-state index contributed by atoms with van der Waals surface area (Å²) in [5, 5.41) is 11.9. The molecular formula is C16H19Cl3N2O5. The van der Waals surface area contributed by atoms with Gasteiger partial charge in [0.15, 0.2) is 0 Å². The molecule has 1 aliphatic heterocycles. The molecule has 0 aliphatic carbocycles. The van der Waals surface area contributed by atoms with Crippen molar-refractivity contribution in [2.45, 2.75) is 23.4 Å². The van der Waals surface area contributed by atoms with Gasteiger partial charge < -0.3 is 19.5 Å². The molecule has 2 amide bonds. The maximum Gasteiger partial charge on any atom is 0.414 e. The number of rotatable bonds is 6. The van der Waals surface area contributed by atoms with Gasteiger partial charge in [0.2, 0.25) is 0 Å². The molecule has 2 rings (SSSR count). The molecule has 1 aliphatic rings. The van der Waals surface area contributed by atoms with E-state index in [0.717, 1.165) is 6.42 Å². The number of nitrogens with one attached hydrogen (secondary N) is 1. The molecule has 1 saturated heterocycles. The number of methoxy groups -OCH3 is 1. The SMILES string of the molecule is COc1cccc(C(=O)N2CCCC2CO)c1NC(=O)OC(Cl)(Cl)CCl. The molecule has 0 aromatic heterocycles. The van der Waals surface area contributed by atoms with Crippen LogP contribution in [0.25, 0.3) is 0 Å². The Morgan fingerprint density at radius 1 is 1.42 bits per heavy atom. The van der Waals surface area contributed by atoms with E-state index in [1.54, 1.807) is 23.1 Å². The third-order valence-electron chi connectivity index (χ3n) is 3.95. The highest BCUT2D eigenvalue weighted by Crippen LogP contribution is 2.32. The molecule has 1 heterocycles. The lowest BCUT2D eigenvalue weighted by atomic mass is 10.1. The first-order chi connectivity index (χ1) is 12.3. The molecule has 7 nitrogen and oxygen atoms in total. The number of hydrogen-bond acceptors (Lipinski definition) is 5. The number of amides is 2. The van der Waals surface area contributed by atoms with E-state index in [0.29, 0.717) is 13.0 Å². The number of halogens is 3. The van der Waals surface area contributed by atoms with Crippen LogP contribution in [-0.4, -0.2) is 58.7 Å². The Hall–Kier alpha value is -1.41. The van der Waals surface area contributed by atoms with Gasteiger partial charge in [-0.15, -0.1) is 11.6 Å². The predicted octanol–water partition coefficient (Wildman–Crippen LogP) is 3.21. The fourth-order valence-electron chi connectivity index (χ4n) is 2.75. The topological polar surface area (TPSA) is 88.1 Å². The Bertz CT molecular complexity index is 671. The van der Waals surface area contributed by atoms with Gasteiger partial charge in [0.25, 0.3) is 10.4 Å². The zero-order valence-electron chi connectivity index (χ0n) is 14.0. The number of carbonyl (C=O) groups is 2. The number of nitrogens with zero attached hydrogens (tertiary/aromatic N) is 1. The first-order valence-electron chi connectivity index (χ1n) is 7.85. The van der Waals surface area contributed by atoms with Crippen molar-refractivity contribution in [3.63, 3.8) is 0 Å². The van der Waals surface area contributed by atoms with Crippen LogP contribution >= 0.6 is 34.8 Å². The standard InChI is InChI=1S/C16H19Cl3N2O5/c1-25-12-6-2-5-11(14(23)21-7-3-4-10(21)8-22)13(12)20-15(24)26-16(18,19)9-17/h2,5-6,10,22H,3-4,7-9H2,1H3,(H,20,24). The van der Waals surface area contributed by atoms with Gasteiger partial charge in [0, 0.05) is 6.54 Å². The Morgan fingerprint density at radius 2 is 2.15 bits per heavy atom. The number of likely N-dealkylation sites (tertiary alicyclic amines) is 1. The van der Waals surface area contributed by atoms with Gasteiger partial charge in [0.05, 0.1) is 36.9 Å². The second kappa shape index (κ2) is 8.99. The predicted molar refractivity (Wildman–Crippen MR) is 99.4 cm³/mol. The Balaban J connectivity index is 2.30. The van der Waals surface area contributed by atoms with Crippen molar-refractivity contribution >= 4 is 52.5 Å². The van der Waals surface area contributed by atoms with Crippen molar-refractivity contribution in [2.24, 2.45) is 0 Å². The van der Waals surface area contributed by atoms with E-state index < -0.39 is 10.6 Å². The molecule has 2 N–H and O–H groups in total. The molecule has 0 saturated carbocycles. The zero-order valence-corrected chi connectivity index (χ0v) is 16.3. The number of para-hydroxylation sites is 1. The Morgan fingerprint density at radius 3 is 2.77 bits per heavy atom. The van der Waals surface area contributed by atoms with Gasteiger partial charge in [-0.3, -0.25) is 10.1 Å². The number of hydrogen-bond donors (Lipinski definition) is 2. The molecule has 10 heteroatoms. The average molecular weight is 426 g/mol. The summed E-state index contributed by atoms with van der Waals surface area (Å²) in [5.41, 5.74) is 0.314. The molecule has 0 bridgehead atoms. The molecule has 1 aromatic rings. The van der Waals surface area contributed by atoms with Gasteiger partial charge in [-0.05, 0) is 25.0 Å². The van der Waals surface area contributed by atoms with Crippen LogP contribution in [0.15, 0.2) is 18.2 Å². The van der Waals surface area contributed by atoms with Crippen LogP contribution in [0, 0.1) is 0 Å². The van der Waals surface area contributed by atoms with Crippen molar-refractivity contribution in [2.75, 3.05) is 31.5 Å². The van der Waals surface area contributed by atoms with Crippen LogP contribution < -0.4 is 10.1 Å². The largest absolute Gasteiger partial charge is 0.495 e. The smallest absolute Gasteiger partial charge is 0.414 e. The van der Waals surface area contributed by atoms with E-state index >= 15 is 0 Å². The molecule has 0 radical (unpaired) electrons. The second-order valence-corrected chi connectivity index (χ2v) is 7.33. The monoisotopic (exact) mass is 424 g/mol. The molecule has 1 unspecified atom stereocenters. The second-order valence-electron chi connectivity index (χ2n) is 5.65. The van der Waals surface area contributed by atoms with Crippen molar-refractivity contribution in [3.05, 3.63) is 23.8 Å². The molecular weight excluding hydrogens is 407 g/mol. The zero-order chi connectivity index (χ0) is 19.3. The molecule has 1 aromatic carbocycles. The van der Waals surface area contributed by atoms with Crippen molar-refractivity contribution in [1.82, 2.24) is 4.90 Å². The van der Waals surface area contributed by atoms with E-state index in [1.165, 1.54) is 7.11 Å². The minimum absolute atomic E-state index is 0.118. The van der Waals surface area contributed by atoms with Crippen LogP contribution in [0.4, 0.5) is 10.5 Å². The van der Waals surface area contributed by atoms with Crippen LogP contribution in [0.3, 0.4) is 0 Å². The van der Waals surface area contributed by atoms with E-state index in [9.17, 15) is 14.7 Å². The summed E-state index contributed by atoms with van der Waals surface area (Å²) in [6.07, 6.45) is 0.519. The number of aliphatic hydroxyl groups excluding tert-OH is 1. The number of ether oxygens (including phenoxy) is 2. The molecule has 26 heavy (non-hydrogen) atoms. The van der Waals surface area contributed by atoms with E-state index in [2.05, 4.69) is 5.32 Å². The van der Waals surface area contributed by atoms with Gasteiger partial charge >= 0.3 is 6.09 Å². The van der Waals surface area contributed by atoms with Gasteiger partial charge in [-0.2, -0.15) is 0 Å². The summed E-state index contributed by atoms with van der Waals surface area (Å²) in [5.74, 6) is -0.419. The minimum atomic E-state index is -1.91. The normalized spacial score (nSPS) is 17.1. The lowest BCUT2D eigenvalue weighted by Gasteiger charge is -2.25. The van der Waals surface area contributed by atoms with Crippen molar-refractivity contribution in [1.29, 1.82) is 0 Å². The maximum absolute atomic E-state index is 12.9. The summed E-state index contributed by atoms with van der Waals surface area (Å²) in [4.78, 5) is 26.6. The van der Waals surface area contributed by atoms with Gasteiger partial charge in [0.1, 0.15) is 5.75 Å². The van der Waals surface area contributed by atoms with Crippen LogP contribution in [0.5, 0.6) is 5.75 Å². The van der Waals surface area contributed by atoms with Crippen LogP contribution in [-0.2, 0) is 4.74 Å². The summed E-state index contributed by atoms with van der Waals surface area (Å²) in [7, 11) is 1.40. The van der Waals surface area contributed by atoms with Crippen LogP contribution in [0.2, 0.25) is 0 Å². The minimum Gasteiger partial charge on any atom is -0.495 e. The third-order valence-corrected chi connectivity index (χ3v) is 5.02. The molecule has 1 atom stereocenters. The highest BCUT2D eigenvalue weighted by atomic mass is 35.5. The number of anilines is 1. The number of alkyl halides is 3. The lowest BCUT2D eigenvalue weighted by molar-refractivity contribution is 0.0678. The number of aliphatic hydroxyl groups is 1. The highest BCUT2D eigenvalue weighted by molar-refractivity contribution is 6.50. The Kier molecular flexibility index (Phi) is 7.23. The fraction of sp³-hybridized carbons (Fsp3) is 0.500. The molecule has 144 valence electrons.